The lowest BCUT2D eigenvalue weighted by Crippen LogP contribution is -2.27. The van der Waals surface area contributed by atoms with Crippen LogP contribution in [-0.2, 0) is 24.8 Å². The molecule has 10 heterocycles. The van der Waals surface area contributed by atoms with Crippen LogP contribution in [-0.4, -0.2) is 198 Å². The number of phenols is 5. The van der Waals surface area contributed by atoms with Crippen LogP contribution in [0.1, 0.15) is 142 Å². The third-order valence-corrected chi connectivity index (χ3v) is 18.8. The van der Waals surface area contributed by atoms with Crippen LogP contribution in [0.3, 0.4) is 0 Å². The highest BCUT2D eigenvalue weighted by Crippen LogP contribution is 2.39. The maximum atomic E-state index is 11.5. The number of aromatic nitrogens is 15. The Morgan fingerprint density at radius 1 is 0.450 bits per heavy atom. The first-order valence-corrected chi connectivity index (χ1v) is 40.4. The van der Waals surface area contributed by atoms with E-state index in [-0.39, 0.29) is 73.1 Å². The van der Waals surface area contributed by atoms with Crippen molar-refractivity contribution in [1.82, 2.24) is 74.4 Å². The van der Waals surface area contributed by atoms with Crippen molar-refractivity contribution < 1.29 is 52.0 Å². The second-order valence-electron chi connectivity index (χ2n) is 29.5. The fourth-order valence-electron chi connectivity index (χ4n) is 11.8. The Hall–Kier alpha value is -14.6. The minimum absolute atomic E-state index is 0.0155. The fourth-order valence-corrected chi connectivity index (χ4v) is 13.1. The van der Waals surface area contributed by atoms with Gasteiger partial charge >= 0.3 is 0 Å². The van der Waals surface area contributed by atoms with E-state index in [4.69, 9.17) is 17.3 Å². The molecular formula is C77H80ClN29O11S2. The van der Waals surface area contributed by atoms with Gasteiger partial charge in [0.15, 0.2) is 34.9 Å². The molecule has 5 aliphatic heterocycles. The molecule has 2 amide bonds. The molecular weight excluding hydrogens is 1610 g/mol. The van der Waals surface area contributed by atoms with E-state index in [0.29, 0.717) is 121 Å². The molecule has 0 aliphatic carbocycles. The largest absolute Gasteiger partial charge is 0.508 e. The third kappa shape index (κ3) is 19.1. The van der Waals surface area contributed by atoms with Crippen molar-refractivity contribution in [2.45, 2.75) is 104 Å². The number of nitrogens with one attached hydrogen (secondary N) is 3. The lowest BCUT2D eigenvalue weighted by atomic mass is 9.87. The second-order valence-corrected chi connectivity index (χ2v) is 33.4. The van der Waals surface area contributed by atoms with E-state index in [0.717, 1.165) is 46.5 Å². The number of amides is 2. The Balaban J connectivity index is 0.000000138. The zero-order valence-corrected chi connectivity index (χ0v) is 70.0. The number of aromatic hydroxyl groups is 5. The minimum atomic E-state index is -3.58. The van der Waals surface area contributed by atoms with Crippen molar-refractivity contribution >= 4 is 146 Å². The van der Waals surface area contributed by atoms with Gasteiger partial charge in [0.25, 0.3) is 5.91 Å². The summed E-state index contributed by atoms with van der Waals surface area (Å²) in [6, 6.07) is 31.3. The van der Waals surface area contributed by atoms with Crippen molar-refractivity contribution in [3.63, 3.8) is 0 Å². The average molecular weight is 1690 g/mol. The van der Waals surface area contributed by atoms with E-state index < -0.39 is 26.0 Å². The summed E-state index contributed by atoms with van der Waals surface area (Å²) >= 11 is 5.96. The first-order valence-electron chi connectivity index (χ1n) is 36.2. The number of benzene rings is 6. The molecule has 5 aliphatic rings. The van der Waals surface area contributed by atoms with E-state index in [1.807, 2.05) is 106 Å². The van der Waals surface area contributed by atoms with Gasteiger partial charge in [0.2, 0.25) is 55.1 Å². The van der Waals surface area contributed by atoms with Crippen LogP contribution < -0.4 is 20.5 Å². The Bertz CT molecular complexity index is 6600. The number of fused-ring (bicyclic) bond motifs is 5. The Morgan fingerprint density at radius 2 is 0.867 bits per heavy atom. The highest BCUT2D eigenvalue weighted by molar-refractivity contribution is 7.92. The SMILES string of the molecule is CC(=O)Nc1cc(N=C2C(c3ccccc3)=Nn3c(C)nnc32)ccc1O.CC1=Nn2c(C)nnc2C1=Nc1cc(Cl)c(O)c(NS(C)(=O)=O)c1.CC1=Nn2nc(C)nc2C1=Nc1ccc(O)c(C)c1.Cc1nc2n(n1)N=C(C(C)(C)C)C2=Nc1ccc(O)c(C(N)=O)c1.Cc1nnc2n1N=C(C(C)(C)C)C2=Nc1ccc(O)c(NS(C)(=O)=O)c1. The standard InChI is InChI=1S/C19H16N6O2.C16H20N6O3S.C16H18N6O2.C13H13ClN6O3S.C13H13N5O/c1-11-22-23-19-18(17(24-25(11)19)13-6-4-3-5-7-13)21-14-8-9-16(27)15(10-14)20-12(2)26;1-9-18-19-15-13(14(16(2,3)4)20-22(9)15)17-10-6-7-12(23)11(8-10)21-26(5,24)25;1-8-18-15-12(13(16(2,3)4)21-22(15)20-8)19-9-5-6-11(23)10(7-9)14(17)24;1-6-11(13-17-16-7(2)20(13)18-6)15-8-4-9(14)12(21)10(5-8)19-24(3,22)23;1-7-6-10(4-5-11(7)19)15-12-8(2)16-18-13(12)14-9(3)17-18/h3-10,27H,1-2H3,(H,20,26);6-8,21,23H,1-5H3;5-7,23H,1-4H3,(H2,17,24);4-5,19,21H,1-3H3;4-6,19H,1-3H3. The summed E-state index contributed by atoms with van der Waals surface area (Å²) in [5.41, 5.74) is 15.8. The minimum Gasteiger partial charge on any atom is -0.508 e. The lowest BCUT2D eigenvalue weighted by molar-refractivity contribution is -0.114. The van der Waals surface area contributed by atoms with Gasteiger partial charge in [-0.25, -0.2) is 51.8 Å². The fraction of sp³-hybridized carbons (Fsp3) is 0.247. The van der Waals surface area contributed by atoms with Crippen LogP contribution in [0.4, 0.5) is 45.5 Å². The Labute approximate surface area is 690 Å². The average Bonchev–Trinajstić information content (AvgIpc) is 1.60. The highest BCUT2D eigenvalue weighted by Gasteiger charge is 2.37. The summed E-state index contributed by atoms with van der Waals surface area (Å²) in [4.78, 5) is 57.2. The molecule has 0 fully saturated rings. The van der Waals surface area contributed by atoms with Crippen molar-refractivity contribution in [2.75, 3.05) is 27.3 Å². The van der Waals surface area contributed by atoms with Crippen molar-refractivity contribution in [2.24, 2.45) is 67.0 Å². The van der Waals surface area contributed by atoms with Gasteiger partial charge < -0.3 is 36.6 Å². The van der Waals surface area contributed by atoms with Crippen LogP contribution >= 0.6 is 11.6 Å². The van der Waals surface area contributed by atoms with Gasteiger partial charge in [-0.2, -0.15) is 39.5 Å². The molecule has 6 aromatic carbocycles. The quantitative estimate of drug-likeness (QED) is 0.0513. The first kappa shape index (κ1) is 84.8. The molecule has 40 nitrogen and oxygen atoms in total. The maximum Gasteiger partial charge on any atom is 0.252 e. The number of aryl methyl sites for hydroxylation is 6. The van der Waals surface area contributed by atoms with Gasteiger partial charge in [-0.05, 0) is 146 Å². The molecule has 5 aromatic heterocycles. The molecule has 0 radical (unpaired) electrons. The van der Waals surface area contributed by atoms with Crippen LogP contribution in [0.5, 0.6) is 28.7 Å². The first-order chi connectivity index (χ1) is 56.3. The number of primary amides is 1. The molecule has 0 atom stereocenters. The number of nitrogens with zero attached hydrogens (tertiary/aromatic N) is 25. The number of phenolic OH excluding ortho intramolecular Hbond substituents is 4. The van der Waals surface area contributed by atoms with Crippen molar-refractivity contribution in [1.29, 1.82) is 0 Å². The number of nitrogens with two attached hydrogens (primary N) is 1. The van der Waals surface area contributed by atoms with Crippen LogP contribution in [0, 0.1) is 52.4 Å². The normalized spacial score (nSPS) is 15.3. The van der Waals surface area contributed by atoms with Gasteiger partial charge in [0.1, 0.15) is 57.3 Å². The number of rotatable bonds is 12. The number of carbonyl (C=O) groups excluding carboxylic acids is 2. The monoisotopic (exact) mass is 1690 g/mol. The van der Waals surface area contributed by atoms with E-state index in [2.05, 4.69) is 116 Å². The smallest absolute Gasteiger partial charge is 0.252 e. The summed E-state index contributed by atoms with van der Waals surface area (Å²) in [5, 5.41) is 106. The van der Waals surface area contributed by atoms with Gasteiger partial charge in [-0.15, -0.1) is 50.4 Å². The molecule has 0 saturated heterocycles. The van der Waals surface area contributed by atoms with Gasteiger partial charge in [-0.1, -0.05) is 83.5 Å². The Morgan fingerprint density at radius 3 is 1.42 bits per heavy atom. The number of halogens is 1. The zero-order chi connectivity index (χ0) is 87.1. The molecule has 618 valence electrons. The van der Waals surface area contributed by atoms with E-state index in [1.54, 1.807) is 78.1 Å². The maximum absolute atomic E-state index is 11.5. The van der Waals surface area contributed by atoms with Gasteiger partial charge in [0.05, 0.1) is 91.4 Å². The molecule has 16 rings (SSSR count). The number of carbonyl (C=O) groups is 2. The molecule has 120 heavy (non-hydrogen) atoms. The number of anilines is 3. The number of hydrogen-bond donors (Lipinski definition) is 9. The summed E-state index contributed by atoms with van der Waals surface area (Å²) in [7, 11) is -7.12. The summed E-state index contributed by atoms with van der Waals surface area (Å²) in [6.45, 7) is 28.0. The van der Waals surface area contributed by atoms with E-state index >= 15 is 0 Å². The van der Waals surface area contributed by atoms with E-state index in [1.165, 1.54) is 59.0 Å². The summed E-state index contributed by atoms with van der Waals surface area (Å²) in [5.74, 6) is 4.44. The molecule has 43 heteroatoms. The van der Waals surface area contributed by atoms with E-state index in [9.17, 15) is 52.0 Å². The zero-order valence-electron chi connectivity index (χ0n) is 67.6. The molecule has 0 unspecified atom stereocenters. The molecule has 0 saturated carbocycles. The molecule has 0 spiro atoms. The second kappa shape index (κ2) is 33.2. The predicted molar refractivity (Wildman–Crippen MR) is 455 cm³/mol. The lowest BCUT2D eigenvalue weighted by Gasteiger charge is -2.18. The number of hydrogen-bond acceptors (Lipinski definition) is 31. The van der Waals surface area contributed by atoms with Crippen LogP contribution in [0.2, 0.25) is 5.02 Å². The molecule has 0 bridgehead atoms. The van der Waals surface area contributed by atoms with Crippen LogP contribution in [0.15, 0.2) is 166 Å². The highest BCUT2D eigenvalue weighted by atomic mass is 35.5. The van der Waals surface area contributed by atoms with Crippen molar-refractivity contribution in [3.05, 3.63) is 195 Å². The molecule has 10 N–H and O–H groups in total. The predicted octanol–water partition coefficient (Wildman–Crippen LogP) is 10.1. The summed E-state index contributed by atoms with van der Waals surface area (Å²) < 4.78 is 55.0. The van der Waals surface area contributed by atoms with Gasteiger partial charge in [-0.3, -0.25) is 19.0 Å². The third-order valence-electron chi connectivity index (χ3n) is 17.3. The number of sulfonamides is 2. The Kier molecular flexibility index (Phi) is 23.5. The number of aliphatic imine (C=N–C) groups is 5. The van der Waals surface area contributed by atoms with Crippen molar-refractivity contribution in [3.8, 4) is 28.7 Å². The van der Waals surface area contributed by atoms with Gasteiger partial charge in [0, 0.05) is 23.3 Å². The molecule has 11 aromatic rings. The topological polar surface area (TPSA) is 543 Å². The summed E-state index contributed by atoms with van der Waals surface area (Å²) in [6.07, 6.45) is 1.98. The van der Waals surface area contributed by atoms with Crippen LogP contribution in [0.25, 0.3) is 0 Å².